The molecule has 9 nitrogen and oxygen atoms in total. The number of carbonyl (C=O) groups excluding carboxylic acids is 4. The first-order valence-corrected chi connectivity index (χ1v) is 12.3. The zero-order valence-electron chi connectivity index (χ0n) is 23.3. The van der Waals surface area contributed by atoms with Crippen molar-refractivity contribution >= 4 is 29.5 Å². The number of nitrogens with one attached hydrogen (secondary N) is 4. The molecule has 1 heterocycles. The Labute approximate surface area is 217 Å². The van der Waals surface area contributed by atoms with Crippen LogP contribution in [0.1, 0.15) is 81.1 Å². The number of alkyl halides is 3. The van der Waals surface area contributed by atoms with E-state index < -0.39 is 46.8 Å². The number of amides is 4. The van der Waals surface area contributed by atoms with Gasteiger partial charge in [-0.25, -0.2) is 0 Å². The molecule has 1 fully saturated rings. The first-order chi connectivity index (χ1) is 16.6. The molecule has 1 aliphatic heterocycles. The molecule has 1 aliphatic rings. The van der Waals surface area contributed by atoms with E-state index in [0.717, 1.165) is 6.42 Å². The molecule has 0 unspecified atom stereocenters. The molecule has 0 aromatic rings. The predicted octanol–water partition coefficient (Wildman–Crippen LogP) is 2.84. The van der Waals surface area contributed by atoms with Gasteiger partial charge in [0, 0.05) is 24.9 Å². The lowest BCUT2D eigenvalue weighted by molar-refractivity contribution is -0.175. The minimum absolute atomic E-state index is 0.139. The number of aliphatic imine (C=N–C) groups is 1. The Hall–Kier alpha value is -2.66. The molecule has 212 valence electrons. The van der Waals surface area contributed by atoms with E-state index in [1.54, 1.807) is 5.32 Å². The minimum Gasteiger partial charge on any atom is -0.351 e. The molecule has 4 amide bonds. The minimum atomic E-state index is -5.17. The lowest BCUT2D eigenvalue weighted by Crippen LogP contribution is -2.60. The van der Waals surface area contributed by atoms with E-state index in [9.17, 15) is 32.3 Å². The lowest BCUT2D eigenvalue weighted by atomic mass is 9.84. The van der Waals surface area contributed by atoms with Crippen molar-refractivity contribution < 1.29 is 32.3 Å². The molecule has 0 aromatic carbocycles. The maximum absolute atomic E-state index is 13.2. The summed E-state index contributed by atoms with van der Waals surface area (Å²) in [5.74, 6) is -4.04. The standard InChI is InChI=1S/C25H42F3N5O4/c1-22(2,3)13-15(30-20(36)17(23(4,5)6)32-21(37)25(26,27)28)19(35)31-16(29-9)12-14-10-11-24(7,8)33-18(14)34/h14-15,17H,10-13H2,1-9H3,(H,30,36)(H,32,37)(H,33,34)(H,29,31,35)/t14-,15-,17+/m0/s1. The van der Waals surface area contributed by atoms with E-state index in [-0.39, 0.29) is 36.0 Å². The summed E-state index contributed by atoms with van der Waals surface area (Å²) in [6.07, 6.45) is -3.45. The van der Waals surface area contributed by atoms with Gasteiger partial charge in [-0.1, -0.05) is 41.5 Å². The molecule has 3 atom stereocenters. The Morgan fingerprint density at radius 2 is 1.62 bits per heavy atom. The monoisotopic (exact) mass is 533 g/mol. The van der Waals surface area contributed by atoms with Crippen molar-refractivity contribution in [1.29, 1.82) is 0 Å². The number of hydrogen-bond acceptors (Lipinski definition) is 5. The number of halogens is 3. The van der Waals surface area contributed by atoms with Crippen LogP contribution < -0.4 is 21.3 Å². The van der Waals surface area contributed by atoms with Crippen molar-refractivity contribution in [3.05, 3.63) is 0 Å². The van der Waals surface area contributed by atoms with Gasteiger partial charge < -0.3 is 21.3 Å². The quantitative estimate of drug-likeness (QED) is 0.296. The molecule has 0 aliphatic carbocycles. The summed E-state index contributed by atoms with van der Waals surface area (Å²) in [6, 6.07) is -2.68. The van der Waals surface area contributed by atoms with Crippen LogP contribution in [0.5, 0.6) is 0 Å². The van der Waals surface area contributed by atoms with Gasteiger partial charge in [-0.3, -0.25) is 24.2 Å². The first-order valence-electron chi connectivity index (χ1n) is 12.3. The Morgan fingerprint density at radius 1 is 1.05 bits per heavy atom. The topological polar surface area (TPSA) is 129 Å². The lowest BCUT2D eigenvalue weighted by Gasteiger charge is -2.35. The van der Waals surface area contributed by atoms with Crippen molar-refractivity contribution in [1.82, 2.24) is 21.3 Å². The largest absolute Gasteiger partial charge is 0.471 e. The molecular weight excluding hydrogens is 491 g/mol. The number of amidine groups is 1. The maximum Gasteiger partial charge on any atom is 0.471 e. The SMILES string of the molecule is CN=C(C[C@@H]1CCC(C)(C)NC1=O)NC(=O)[C@H](CC(C)(C)C)NC(=O)[C@@H](NC(=O)C(F)(F)F)C(C)(C)C. The van der Waals surface area contributed by atoms with E-state index in [2.05, 4.69) is 20.9 Å². The summed E-state index contributed by atoms with van der Waals surface area (Å²) in [5.41, 5.74) is -1.83. The van der Waals surface area contributed by atoms with Gasteiger partial charge in [0.1, 0.15) is 17.9 Å². The van der Waals surface area contributed by atoms with Crippen LogP contribution in [0.2, 0.25) is 0 Å². The Kier molecular flexibility index (Phi) is 10.3. The Morgan fingerprint density at radius 3 is 2.05 bits per heavy atom. The van der Waals surface area contributed by atoms with Crippen LogP contribution >= 0.6 is 0 Å². The van der Waals surface area contributed by atoms with Crippen molar-refractivity contribution in [2.24, 2.45) is 21.7 Å². The molecular formula is C25H42F3N5O4. The number of nitrogens with zero attached hydrogens (tertiary/aromatic N) is 1. The molecule has 37 heavy (non-hydrogen) atoms. The molecule has 0 saturated carbocycles. The zero-order chi connectivity index (χ0) is 29.0. The van der Waals surface area contributed by atoms with Crippen LogP contribution in [0.25, 0.3) is 0 Å². The van der Waals surface area contributed by atoms with Gasteiger partial charge in [0.15, 0.2) is 0 Å². The third kappa shape index (κ3) is 10.7. The Bertz CT molecular complexity index is 901. The molecule has 12 heteroatoms. The summed E-state index contributed by atoms with van der Waals surface area (Å²) in [4.78, 5) is 54.5. The fraction of sp³-hybridized carbons (Fsp3) is 0.800. The maximum atomic E-state index is 13.2. The Balaban J connectivity index is 3.07. The van der Waals surface area contributed by atoms with Crippen LogP contribution in [0, 0.1) is 16.7 Å². The van der Waals surface area contributed by atoms with Gasteiger partial charge in [-0.05, 0) is 43.9 Å². The van der Waals surface area contributed by atoms with Crippen molar-refractivity contribution in [3.8, 4) is 0 Å². The second-order valence-corrected chi connectivity index (χ2v) is 12.6. The van der Waals surface area contributed by atoms with Crippen molar-refractivity contribution in [2.45, 2.75) is 105 Å². The van der Waals surface area contributed by atoms with Gasteiger partial charge in [0.05, 0.1) is 0 Å². The second kappa shape index (κ2) is 11.8. The smallest absolute Gasteiger partial charge is 0.351 e. The third-order valence-electron chi connectivity index (χ3n) is 6.04. The van der Waals surface area contributed by atoms with Gasteiger partial charge in [0.2, 0.25) is 17.7 Å². The summed E-state index contributed by atoms with van der Waals surface area (Å²) in [6.45, 7) is 13.9. The van der Waals surface area contributed by atoms with Crippen molar-refractivity contribution in [2.75, 3.05) is 7.05 Å². The fourth-order valence-electron chi connectivity index (χ4n) is 3.98. The van der Waals surface area contributed by atoms with Crippen LogP contribution in [-0.2, 0) is 19.2 Å². The second-order valence-electron chi connectivity index (χ2n) is 12.6. The van der Waals surface area contributed by atoms with Gasteiger partial charge in [0.25, 0.3) is 0 Å². The van der Waals surface area contributed by atoms with E-state index in [1.165, 1.54) is 27.8 Å². The van der Waals surface area contributed by atoms with E-state index in [1.807, 2.05) is 34.6 Å². The number of hydrogen-bond donors (Lipinski definition) is 4. The third-order valence-corrected chi connectivity index (χ3v) is 6.04. The van der Waals surface area contributed by atoms with Crippen molar-refractivity contribution in [3.63, 3.8) is 0 Å². The summed E-state index contributed by atoms with van der Waals surface area (Å²) in [7, 11) is 1.47. The van der Waals surface area contributed by atoms with Crippen LogP contribution in [0.4, 0.5) is 13.2 Å². The molecule has 4 N–H and O–H groups in total. The average molecular weight is 534 g/mol. The molecule has 0 aromatic heterocycles. The summed E-state index contributed by atoms with van der Waals surface area (Å²) in [5, 5.41) is 9.89. The highest BCUT2D eigenvalue weighted by Gasteiger charge is 2.44. The molecule has 0 spiro atoms. The average Bonchev–Trinajstić information content (AvgIpc) is 2.69. The zero-order valence-corrected chi connectivity index (χ0v) is 23.3. The molecule has 0 radical (unpaired) electrons. The van der Waals surface area contributed by atoms with Gasteiger partial charge in [-0.2, -0.15) is 13.2 Å². The van der Waals surface area contributed by atoms with Gasteiger partial charge >= 0.3 is 12.1 Å². The van der Waals surface area contributed by atoms with E-state index >= 15 is 0 Å². The fourth-order valence-corrected chi connectivity index (χ4v) is 3.98. The normalized spacial score (nSPS) is 20.4. The highest BCUT2D eigenvalue weighted by molar-refractivity contribution is 6.03. The summed E-state index contributed by atoms with van der Waals surface area (Å²) >= 11 is 0. The molecule has 1 rings (SSSR count). The summed E-state index contributed by atoms with van der Waals surface area (Å²) < 4.78 is 38.6. The first kappa shape index (κ1) is 32.4. The van der Waals surface area contributed by atoms with E-state index in [0.29, 0.717) is 6.42 Å². The predicted molar refractivity (Wildman–Crippen MR) is 135 cm³/mol. The number of piperidine rings is 1. The molecule has 0 bridgehead atoms. The number of rotatable bonds is 7. The van der Waals surface area contributed by atoms with Gasteiger partial charge in [-0.15, -0.1) is 0 Å². The van der Waals surface area contributed by atoms with Crippen LogP contribution in [0.15, 0.2) is 4.99 Å². The van der Waals surface area contributed by atoms with Crippen LogP contribution in [-0.4, -0.2) is 60.3 Å². The number of carbonyl (C=O) groups is 4. The highest BCUT2D eigenvalue weighted by atomic mass is 19.4. The highest BCUT2D eigenvalue weighted by Crippen LogP contribution is 2.26. The molecule has 1 saturated heterocycles. The van der Waals surface area contributed by atoms with Crippen LogP contribution in [0.3, 0.4) is 0 Å². The van der Waals surface area contributed by atoms with E-state index in [4.69, 9.17) is 0 Å².